The largest absolute Gasteiger partial charge is 0.504 e. The molecule has 1 saturated carbocycles. The zero-order valence-corrected chi connectivity index (χ0v) is 25.9. The van der Waals surface area contributed by atoms with Crippen molar-refractivity contribution in [2.24, 2.45) is 29.1 Å². The molecule has 224 valence electrons. The molecular weight excluding hydrogens is 624 g/mol. The first kappa shape index (κ1) is 28.5. The Labute approximate surface area is 263 Å². The molecule has 0 spiro atoms. The van der Waals surface area contributed by atoms with Crippen LogP contribution >= 0.6 is 15.9 Å². The van der Waals surface area contributed by atoms with Gasteiger partial charge in [-0.2, -0.15) is 0 Å². The Bertz CT molecular complexity index is 1740. The van der Waals surface area contributed by atoms with Gasteiger partial charge in [-0.3, -0.25) is 24.1 Å². The average Bonchev–Trinajstić information content (AvgIpc) is 3.39. The van der Waals surface area contributed by atoms with E-state index in [1.165, 1.54) is 9.80 Å². The minimum atomic E-state index is -1.17. The molecule has 2 saturated heterocycles. The number of imide groups is 2. The van der Waals surface area contributed by atoms with Crippen molar-refractivity contribution in [3.8, 4) is 11.5 Å². The standard InChI is InChI=1S/C35H31BrN2O6/c1-3-44-28-17-19(9-16-27(28)39)30-23-14-15-24-29(33(42)37(31(24)40)22-12-10-20(36)11-13-22)25(23)18-26-32(41)38(34(43)35(26,30)2)21-7-5-4-6-8-21/h4-14,16-17,24-26,29-30,39H,3,15,18H2,1-2H3/t24-,25+,26-,29-,30-,35+/m0/s1. The molecule has 0 radical (unpaired) electrons. The van der Waals surface area contributed by atoms with E-state index in [4.69, 9.17) is 4.74 Å². The number of carbonyl (C=O) groups is 4. The van der Waals surface area contributed by atoms with Crippen LogP contribution in [0.4, 0.5) is 11.4 Å². The summed E-state index contributed by atoms with van der Waals surface area (Å²) in [5.41, 5.74) is 1.44. The number of ether oxygens (including phenoxy) is 1. The zero-order chi connectivity index (χ0) is 30.9. The molecular formula is C35H31BrN2O6. The first-order chi connectivity index (χ1) is 21.2. The van der Waals surface area contributed by atoms with E-state index in [1.807, 2.05) is 26.0 Å². The number of phenols is 1. The number of phenolic OH excluding ortho intramolecular Hbond substituents is 1. The van der Waals surface area contributed by atoms with Gasteiger partial charge in [0.15, 0.2) is 11.5 Å². The van der Waals surface area contributed by atoms with Gasteiger partial charge in [-0.05, 0) is 86.7 Å². The summed E-state index contributed by atoms with van der Waals surface area (Å²) in [4.78, 5) is 59.2. The van der Waals surface area contributed by atoms with Gasteiger partial charge in [0, 0.05) is 10.4 Å². The summed E-state index contributed by atoms with van der Waals surface area (Å²) in [7, 11) is 0. The molecule has 2 heterocycles. The quantitative estimate of drug-likeness (QED) is 0.268. The number of halogens is 1. The number of amides is 4. The number of allylic oxidation sites excluding steroid dienone is 2. The van der Waals surface area contributed by atoms with Crippen molar-refractivity contribution in [3.63, 3.8) is 0 Å². The molecule has 4 amide bonds. The maximum Gasteiger partial charge on any atom is 0.241 e. The Kier molecular flexibility index (Phi) is 6.77. The van der Waals surface area contributed by atoms with Gasteiger partial charge in [0.05, 0.1) is 41.2 Å². The summed E-state index contributed by atoms with van der Waals surface area (Å²) in [5.74, 6) is -3.82. The molecule has 3 fully saturated rings. The summed E-state index contributed by atoms with van der Waals surface area (Å²) in [6.07, 6.45) is 2.65. The van der Waals surface area contributed by atoms with Crippen molar-refractivity contribution in [2.75, 3.05) is 16.4 Å². The first-order valence-electron chi connectivity index (χ1n) is 14.9. The second kappa shape index (κ2) is 10.4. The molecule has 9 heteroatoms. The number of fused-ring (bicyclic) bond motifs is 4. The monoisotopic (exact) mass is 654 g/mol. The second-order valence-corrected chi connectivity index (χ2v) is 13.1. The van der Waals surface area contributed by atoms with Gasteiger partial charge in [0.1, 0.15) is 0 Å². The van der Waals surface area contributed by atoms with Crippen LogP contribution in [0.2, 0.25) is 0 Å². The molecule has 2 aliphatic carbocycles. The van der Waals surface area contributed by atoms with Crippen LogP contribution in [-0.4, -0.2) is 35.3 Å². The van der Waals surface area contributed by atoms with E-state index in [0.717, 1.165) is 10.0 Å². The van der Waals surface area contributed by atoms with Gasteiger partial charge in [-0.15, -0.1) is 0 Å². The third kappa shape index (κ3) is 4.01. The SMILES string of the molecule is CCOc1cc([C@H]2C3=CC[C@@H]4C(=O)N(c5ccc(Br)cc5)C(=O)[C@@H]4[C@@H]3C[C@H]3C(=O)N(c4ccccc4)C(=O)[C@@]23C)ccc1O. The maximum atomic E-state index is 14.5. The van der Waals surface area contributed by atoms with Crippen LogP contribution < -0.4 is 14.5 Å². The van der Waals surface area contributed by atoms with E-state index in [2.05, 4.69) is 15.9 Å². The molecule has 0 aromatic heterocycles. The van der Waals surface area contributed by atoms with Crippen molar-refractivity contribution in [2.45, 2.75) is 32.6 Å². The Morgan fingerprint density at radius 1 is 0.886 bits per heavy atom. The van der Waals surface area contributed by atoms with Crippen LogP contribution in [0.3, 0.4) is 0 Å². The Morgan fingerprint density at radius 2 is 1.59 bits per heavy atom. The summed E-state index contributed by atoms with van der Waals surface area (Å²) >= 11 is 3.42. The fraction of sp³-hybridized carbons (Fsp3) is 0.314. The van der Waals surface area contributed by atoms with Crippen molar-refractivity contribution < 1.29 is 29.0 Å². The van der Waals surface area contributed by atoms with Gasteiger partial charge in [0.25, 0.3) is 0 Å². The molecule has 6 atom stereocenters. The summed E-state index contributed by atoms with van der Waals surface area (Å²) in [6, 6.07) is 21.0. The Morgan fingerprint density at radius 3 is 2.30 bits per heavy atom. The molecule has 7 rings (SSSR count). The highest BCUT2D eigenvalue weighted by atomic mass is 79.9. The molecule has 4 aliphatic rings. The minimum Gasteiger partial charge on any atom is -0.504 e. The summed E-state index contributed by atoms with van der Waals surface area (Å²) in [6.45, 7) is 4.00. The van der Waals surface area contributed by atoms with Crippen LogP contribution in [0.25, 0.3) is 0 Å². The topological polar surface area (TPSA) is 104 Å². The van der Waals surface area contributed by atoms with E-state index in [9.17, 15) is 24.3 Å². The highest BCUT2D eigenvalue weighted by Crippen LogP contribution is 2.64. The lowest BCUT2D eigenvalue weighted by atomic mass is 9.51. The molecule has 3 aromatic carbocycles. The molecule has 44 heavy (non-hydrogen) atoms. The summed E-state index contributed by atoms with van der Waals surface area (Å²) < 4.78 is 6.56. The van der Waals surface area contributed by atoms with Gasteiger partial charge >= 0.3 is 0 Å². The predicted octanol–water partition coefficient (Wildman–Crippen LogP) is 5.99. The summed E-state index contributed by atoms with van der Waals surface area (Å²) in [5, 5.41) is 10.5. The maximum absolute atomic E-state index is 14.5. The Balaban J connectivity index is 1.37. The van der Waals surface area contributed by atoms with E-state index in [1.54, 1.807) is 66.7 Å². The lowest BCUT2D eigenvalue weighted by Crippen LogP contribution is -2.48. The van der Waals surface area contributed by atoms with Gasteiger partial charge in [-0.25, -0.2) is 4.90 Å². The molecule has 2 aliphatic heterocycles. The number of nitrogens with zero attached hydrogens (tertiary/aromatic N) is 2. The number of anilines is 2. The molecule has 3 aromatic rings. The van der Waals surface area contributed by atoms with Gasteiger partial charge in [-0.1, -0.05) is 51.8 Å². The molecule has 8 nitrogen and oxygen atoms in total. The van der Waals surface area contributed by atoms with E-state index in [0.29, 0.717) is 30.0 Å². The second-order valence-electron chi connectivity index (χ2n) is 12.1. The van der Waals surface area contributed by atoms with E-state index < -0.39 is 35.0 Å². The van der Waals surface area contributed by atoms with E-state index in [-0.39, 0.29) is 41.5 Å². The van der Waals surface area contributed by atoms with Crippen molar-refractivity contribution in [1.29, 1.82) is 0 Å². The number of para-hydroxylation sites is 1. The third-order valence-electron chi connectivity index (χ3n) is 9.99. The fourth-order valence-electron chi connectivity index (χ4n) is 8.04. The molecule has 1 N–H and O–H groups in total. The van der Waals surface area contributed by atoms with Crippen LogP contribution in [0.1, 0.15) is 38.2 Å². The van der Waals surface area contributed by atoms with Crippen molar-refractivity contribution in [1.82, 2.24) is 0 Å². The number of aromatic hydroxyl groups is 1. The van der Waals surface area contributed by atoms with Gasteiger partial charge < -0.3 is 9.84 Å². The van der Waals surface area contributed by atoms with Crippen LogP contribution in [0, 0.1) is 29.1 Å². The van der Waals surface area contributed by atoms with Crippen molar-refractivity contribution in [3.05, 3.63) is 94.5 Å². The minimum absolute atomic E-state index is 0.0243. The number of rotatable bonds is 5. The highest BCUT2D eigenvalue weighted by Gasteiger charge is 2.67. The fourth-order valence-corrected chi connectivity index (χ4v) is 8.31. The first-order valence-corrected chi connectivity index (χ1v) is 15.7. The number of carbonyl (C=O) groups excluding carboxylic acids is 4. The number of benzene rings is 3. The van der Waals surface area contributed by atoms with E-state index >= 15 is 0 Å². The van der Waals surface area contributed by atoms with Crippen molar-refractivity contribution >= 4 is 50.9 Å². The third-order valence-corrected chi connectivity index (χ3v) is 10.5. The lowest BCUT2D eigenvalue weighted by molar-refractivity contribution is -0.131. The smallest absolute Gasteiger partial charge is 0.241 e. The Hall–Kier alpha value is -4.24. The number of hydrogen-bond acceptors (Lipinski definition) is 6. The molecule has 0 unspecified atom stereocenters. The number of hydrogen-bond donors (Lipinski definition) is 1. The molecule has 0 bridgehead atoms. The van der Waals surface area contributed by atoms with Crippen LogP contribution in [0.5, 0.6) is 11.5 Å². The van der Waals surface area contributed by atoms with Crippen LogP contribution in [0.15, 0.2) is 88.9 Å². The highest BCUT2D eigenvalue weighted by molar-refractivity contribution is 9.10. The average molecular weight is 656 g/mol. The van der Waals surface area contributed by atoms with Gasteiger partial charge in [0.2, 0.25) is 23.6 Å². The lowest BCUT2D eigenvalue weighted by Gasteiger charge is -2.49. The zero-order valence-electron chi connectivity index (χ0n) is 24.3. The van der Waals surface area contributed by atoms with Crippen LogP contribution in [-0.2, 0) is 19.2 Å². The normalized spacial score (nSPS) is 29.3. The predicted molar refractivity (Wildman–Crippen MR) is 167 cm³/mol.